The minimum Gasteiger partial charge on any atom is -0.406 e. The fourth-order valence-electron chi connectivity index (χ4n) is 3.29. The standard InChI is InChI=1S/C21H27F3N4O6/c1-10(2)7-15(18(25)31)27-19(32)11-8-14(17(30)16(29)9-11)28-20(33)26-12-3-5-13(6-4-12)34-21(22,23)24/h3-6,8,10,14-17,29-30H,7,9H2,1-2H3,(H2,25,31)(H,27,32)(H2,26,28,33)/t14-,15-,16-,17-/m1/s1. The van der Waals surface area contributed by atoms with Crippen LogP contribution in [0.1, 0.15) is 26.7 Å². The molecule has 13 heteroatoms. The third-order valence-electron chi connectivity index (χ3n) is 4.86. The molecule has 0 unspecified atom stereocenters. The Kier molecular flexibility index (Phi) is 8.87. The van der Waals surface area contributed by atoms with Gasteiger partial charge in [0.15, 0.2) is 0 Å². The zero-order valence-electron chi connectivity index (χ0n) is 18.4. The van der Waals surface area contributed by atoms with Crippen molar-refractivity contribution in [2.45, 2.75) is 57.3 Å². The van der Waals surface area contributed by atoms with E-state index in [1.54, 1.807) is 0 Å². The Labute approximate surface area is 193 Å². The lowest BCUT2D eigenvalue weighted by molar-refractivity contribution is -0.274. The first-order chi connectivity index (χ1) is 15.7. The second-order valence-electron chi connectivity index (χ2n) is 8.21. The van der Waals surface area contributed by atoms with E-state index in [0.717, 1.165) is 12.1 Å². The second kappa shape index (κ2) is 11.2. The molecule has 0 aromatic heterocycles. The molecule has 188 valence electrons. The molecule has 0 saturated heterocycles. The molecule has 0 spiro atoms. The summed E-state index contributed by atoms with van der Waals surface area (Å²) in [4.78, 5) is 36.5. The number of hydrogen-bond acceptors (Lipinski definition) is 6. The molecular formula is C21H27F3N4O6. The Balaban J connectivity index is 2.05. The lowest BCUT2D eigenvalue weighted by Crippen LogP contribution is -2.53. The number of ether oxygens (including phenoxy) is 1. The molecule has 1 aromatic rings. The first-order valence-corrected chi connectivity index (χ1v) is 10.4. The Morgan fingerprint density at radius 3 is 2.32 bits per heavy atom. The molecular weight excluding hydrogens is 461 g/mol. The van der Waals surface area contributed by atoms with Crippen molar-refractivity contribution in [1.82, 2.24) is 10.6 Å². The van der Waals surface area contributed by atoms with Crippen molar-refractivity contribution < 1.29 is 42.5 Å². The van der Waals surface area contributed by atoms with E-state index in [0.29, 0.717) is 6.42 Å². The molecule has 0 heterocycles. The smallest absolute Gasteiger partial charge is 0.406 e. The highest BCUT2D eigenvalue weighted by Crippen LogP contribution is 2.24. The summed E-state index contributed by atoms with van der Waals surface area (Å²) in [5, 5.41) is 27.6. The van der Waals surface area contributed by atoms with Crippen molar-refractivity contribution >= 4 is 23.5 Å². The molecule has 0 aliphatic heterocycles. The molecule has 10 nitrogen and oxygen atoms in total. The number of aliphatic hydroxyl groups is 2. The van der Waals surface area contributed by atoms with E-state index in [1.165, 1.54) is 18.2 Å². The Bertz CT molecular complexity index is 920. The lowest BCUT2D eigenvalue weighted by atomic mass is 9.89. The van der Waals surface area contributed by atoms with Crippen LogP contribution in [0, 0.1) is 5.92 Å². The van der Waals surface area contributed by atoms with Crippen molar-refractivity contribution in [2.24, 2.45) is 11.7 Å². The number of nitrogens with two attached hydrogens (primary N) is 1. The number of carbonyl (C=O) groups is 3. The van der Waals surface area contributed by atoms with Gasteiger partial charge < -0.3 is 36.6 Å². The van der Waals surface area contributed by atoms with Crippen LogP contribution in [0.4, 0.5) is 23.7 Å². The first kappa shape index (κ1) is 26.9. The van der Waals surface area contributed by atoms with E-state index >= 15 is 0 Å². The molecule has 34 heavy (non-hydrogen) atoms. The van der Waals surface area contributed by atoms with Gasteiger partial charge in [-0.25, -0.2) is 4.79 Å². The summed E-state index contributed by atoms with van der Waals surface area (Å²) in [5.41, 5.74) is 5.48. The van der Waals surface area contributed by atoms with Crippen LogP contribution in [0.2, 0.25) is 0 Å². The van der Waals surface area contributed by atoms with Crippen molar-refractivity contribution in [3.8, 4) is 5.75 Å². The van der Waals surface area contributed by atoms with Crippen LogP contribution in [0.25, 0.3) is 0 Å². The van der Waals surface area contributed by atoms with Gasteiger partial charge in [-0.05, 0) is 36.6 Å². The highest BCUT2D eigenvalue weighted by molar-refractivity contribution is 5.97. The van der Waals surface area contributed by atoms with E-state index in [4.69, 9.17) is 5.73 Å². The normalized spacial score (nSPS) is 21.3. The number of benzene rings is 1. The van der Waals surface area contributed by atoms with Gasteiger partial charge in [-0.3, -0.25) is 9.59 Å². The van der Waals surface area contributed by atoms with Crippen molar-refractivity contribution in [1.29, 1.82) is 0 Å². The highest BCUT2D eigenvalue weighted by atomic mass is 19.4. The SMILES string of the molecule is CC(C)C[C@@H](NC(=O)C1=C[C@@H](NC(=O)Nc2ccc(OC(F)(F)F)cc2)[C@@H](O)[C@H](O)C1)C(N)=O. The molecule has 0 radical (unpaired) electrons. The van der Waals surface area contributed by atoms with Gasteiger partial charge >= 0.3 is 12.4 Å². The Hall–Kier alpha value is -3.32. The number of hydrogen-bond donors (Lipinski definition) is 6. The number of nitrogens with one attached hydrogen (secondary N) is 3. The van der Waals surface area contributed by atoms with Gasteiger partial charge in [0.25, 0.3) is 0 Å². The molecule has 1 aliphatic rings. The summed E-state index contributed by atoms with van der Waals surface area (Å²) in [6.07, 6.45) is -6.34. The van der Waals surface area contributed by atoms with E-state index in [2.05, 4.69) is 20.7 Å². The number of alkyl halides is 3. The number of amides is 4. The van der Waals surface area contributed by atoms with Crippen molar-refractivity contribution in [3.63, 3.8) is 0 Å². The summed E-state index contributed by atoms with van der Waals surface area (Å²) in [6, 6.07) is 1.37. The van der Waals surface area contributed by atoms with Crippen LogP contribution in [0.15, 0.2) is 35.9 Å². The van der Waals surface area contributed by atoms with Gasteiger partial charge in [0.05, 0.1) is 12.1 Å². The minimum absolute atomic E-state index is 0.0340. The third-order valence-corrected chi connectivity index (χ3v) is 4.86. The third kappa shape index (κ3) is 8.23. The zero-order valence-corrected chi connectivity index (χ0v) is 18.4. The monoisotopic (exact) mass is 488 g/mol. The highest BCUT2D eigenvalue weighted by Gasteiger charge is 2.35. The average Bonchev–Trinajstić information content (AvgIpc) is 2.70. The number of carbonyl (C=O) groups excluding carboxylic acids is 3. The van der Waals surface area contributed by atoms with Crippen molar-refractivity contribution in [2.75, 3.05) is 5.32 Å². The number of primary amides is 1. The predicted molar refractivity (Wildman–Crippen MR) is 114 cm³/mol. The van der Waals surface area contributed by atoms with Gasteiger partial charge in [0, 0.05) is 17.7 Å². The molecule has 1 aromatic carbocycles. The first-order valence-electron chi connectivity index (χ1n) is 10.4. The minimum atomic E-state index is -4.85. The summed E-state index contributed by atoms with van der Waals surface area (Å²) in [5.74, 6) is -1.81. The quantitative estimate of drug-likeness (QED) is 0.321. The average molecular weight is 488 g/mol. The maximum atomic E-state index is 12.6. The zero-order chi connectivity index (χ0) is 25.6. The van der Waals surface area contributed by atoms with E-state index in [9.17, 15) is 37.8 Å². The maximum absolute atomic E-state index is 12.6. The number of urea groups is 1. The molecule has 2 rings (SSSR count). The molecule has 0 fully saturated rings. The topological polar surface area (TPSA) is 163 Å². The summed E-state index contributed by atoms with van der Waals surface area (Å²) in [7, 11) is 0. The van der Waals surface area contributed by atoms with Gasteiger partial charge in [-0.2, -0.15) is 0 Å². The van der Waals surface area contributed by atoms with Crippen LogP contribution in [0.3, 0.4) is 0 Å². The summed E-state index contributed by atoms with van der Waals surface area (Å²) in [6.45, 7) is 3.69. The van der Waals surface area contributed by atoms with Crippen LogP contribution in [0.5, 0.6) is 5.75 Å². The predicted octanol–water partition coefficient (Wildman–Crippen LogP) is 1.14. The molecule has 7 N–H and O–H groups in total. The number of anilines is 1. The Morgan fingerprint density at radius 2 is 1.79 bits per heavy atom. The van der Waals surface area contributed by atoms with Crippen LogP contribution >= 0.6 is 0 Å². The molecule has 1 aliphatic carbocycles. The second-order valence-corrected chi connectivity index (χ2v) is 8.21. The Morgan fingerprint density at radius 1 is 1.18 bits per heavy atom. The summed E-state index contributed by atoms with van der Waals surface area (Å²) < 4.78 is 40.4. The molecule has 0 bridgehead atoms. The van der Waals surface area contributed by atoms with Gasteiger partial charge in [-0.15, -0.1) is 13.2 Å². The number of aliphatic hydroxyl groups excluding tert-OH is 2. The number of rotatable bonds is 8. The molecule has 0 saturated carbocycles. The van der Waals surface area contributed by atoms with E-state index in [1.807, 2.05) is 13.8 Å². The van der Waals surface area contributed by atoms with Gasteiger partial charge in [-0.1, -0.05) is 19.9 Å². The van der Waals surface area contributed by atoms with Crippen LogP contribution in [-0.4, -0.2) is 58.7 Å². The van der Waals surface area contributed by atoms with E-state index < -0.39 is 54.2 Å². The number of halogens is 3. The van der Waals surface area contributed by atoms with E-state index in [-0.39, 0.29) is 23.6 Å². The van der Waals surface area contributed by atoms with Gasteiger partial charge in [0.1, 0.15) is 17.9 Å². The van der Waals surface area contributed by atoms with Crippen LogP contribution < -0.4 is 26.4 Å². The largest absolute Gasteiger partial charge is 0.573 e. The fraction of sp³-hybridized carbons (Fsp3) is 0.476. The molecule has 4 atom stereocenters. The molecule has 4 amide bonds. The lowest BCUT2D eigenvalue weighted by Gasteiger charge is -2.31. The maximum Gasteiger partial charge on any atom is 0.573 e. The summed E-state index contributed by atoms with van der Waals surface area (Å²) >= 11 is 0. The van der Waals surface area contributed by atoms with Gasteiger partial charge in [0.2, 0.25) is 11.8 Å². The van der Waals surface area contributed by atoms with Crippen LogP contribution in [-0.2, 0) is 9.59 Å². The van der Waals surface area contributed by atoms with Crippen molar-refractivity contribution in [3.05, 3.63) is 35.9 Å². The fourth-order valence-corrected chi connectivity index (χ4v) is 3.29.